The van der Waals surface area contributed by atoms with Gasteiger partial charge < -0.3 is 20.9 Å². The lowest BCUT2D eigenvalue weighted by molar-refractivity contribution is -0.0443. The maximum atomic E-state index is 10.5. The molecule has 1 aromatic rings. The predicted octanol–water partition coefficient (Wildman–Crippen LogP) is -0.847. The van der Waals surface area contributed by atoms with Crippen LogP contribution in [0.1, 0.15) is 0 Å². The van der Waals surface area contributed by atoms with Crippen molar-refractivity contribution >= 4 is 44.3 Å². The summed E-state index contributed by atoms with van der Waals surface area (Å²) in [5, 5.41) is 13.5. The van der Waals surface area contributed by atoms with Crippen LogP contribution in [-0.4, -0.2) is 64.3 Å². The average Bonchev–Trinajstić information content (AvgIpc) is 2.97. The second kappa shape index (κ2) is 5.28. The van der Waals surface area contributed by atoms with E-state index in [-0.39, 0.29) is 12.4 Å². The lowest BCUT2D eigenvalue weighted by atomic mass is 10.1. The van der Waals surface area contributed by atoms with Gasteiger partial charge in [0.2, 0.25) is 0 Å². The number of aliphatic hydroxyl groups is 1. The van der Waals surface area contributed by atoms with Gasteiger partial charge >= 0.3 is 15.4 Å². The van der Waals surface area contributed by atoms with E-state index in [1.165, 1.54) is 11.2 Å². The first-order valence-corrected chi connectivity index (χ1v) is 8.82. The van der Waals surface area contributed by atoms with E-state index in [0.717, 1.165) is 0 Å². The Morgan fingerprint density at radius 3 is 3.09 bits per heavy atom. The summed E-state index contributed by atoms with van der Waals surface area (Å²) in [5.74, 6) is 0.633. The van der Waals surface area contributed by atoms with Gasteiger partial charge in [-0.15, -0.1) is 0 Å². The van der Waals surface area contributed by atoms with Gasteiger partial charge in [-0.1, -0.05) is 11.6 Å². The number of nitrogens with zero attached hydrogens (tertiary/aromatic N) is 3. The third-order valence-corrected chi connectivity index (χ3v) is 5.27. The molecule has 0 bridgehead atoms. The monoisotopic (exact) mass is 360 g/mol. The lowest BCUT2D eigenvalue weighted by Crippen LogP contribution is -2.48. The minimum atomic E-state index is -3.44. The molecular weight excluding hydrogens is 347 g/mol. The molecule has 23 heavy (non-hydrogen) atoms. The maximum Gasteiger partial charge on any atom is 0.488 e. The first-order chi connectivity index (χ1) is 10.9. The molecule has 10 nitrogen and oxygen atoms in total. The van der Waals surface area contributed by atoms with Crippen molar-refractivity contribution in [1.29, 1.82) is 0 Å². The molecule has 0 saturated carbocycles. The van der Waals surface area contributed by atoms with Gasteiger partial charge in [0.1, 0.15) is 30.8 Å². The van der Waals surface area contributed by atoms with E-state index in [9.17, 15) is 10.00 Å². The SMILES string of the molecule is [B][P+]1(O)OCC2OC(N3c4ncnc(N)c4NC3Cl)C(O)[C@@H]2O1. The molecule has 6 atom stereocenters. The maximum absolute atomic E-state index is 10.5. The van der Waals surface area contributed by atoms with Crippen molar-refractivity contribution in [2.75, 3.05) is 22.6 Å². The molecule has 5 unspecified atom stereocenters. The molecule has 0 amide bonds. The molecule has 1 aromatic heterocycles. The van der Waals surface area contributed by atoms with Crippen LogP contribution in [0.5, 0.6) is 0 Å². The Kier molecular flexibility index (Phi) is 3.58. The number of ether oxygens (including phenoxy) is 1. The number of aliphatic hydroxyl groups excluding tert-OH is 1. The average molecular weight is 360 g/mol. The molecule has 2 fully saturated rings. The summed E-state index contributed by atoms with van der Waals surface area (Å²) in [5.41, 5.74) is 5.49. The smallest absolute Gasteiger partial charge is 0.385 e. The van der Waals surface area contributed by atoms with Crippen LogP contribution in [0.4, 0.5) is 17.3 Å². The highest BCUT2D eigenvalue weighted by Crippen LogP contribution is 2.58. The highest BCUT2D eigenvalue weighted by Gasteiger charge is 2.59. The van der Waals surface area contributed by atoms with Gasteiger partial charge in [-0.05, 0) is 0 Å². The Bertz CT molecular complexity index is 644. The van der Waals surface area contributed by atoms with Crippen LogP contribution in [0.25, 0.3) is 0 Å². The van der Waals surface area contributed by atoms with Gasteiger partial charge in [0.15, 0.2) is 29.6 Å². The number of fused-ring (bicyclic) bond motifs is 2. The van der Waals surface area contributed by atoms with Crippen molar-refractivity contribution in [3.8, 4) is 0 Å². The number of hydrogen-bond donors (Lipinski definition) is 4. The Balaban J connectivity index is 1.64. The van der Waals surface area contributed by atoms with Crippen LogP contribution >= 0.6 is 19.4 Å². The summed E-state index contributed by atoms with van der Waals surface area (Å²) in [4.78, 5) is 19.3. The lowest BCUT2D eigenvalue weighted by Gasteiger charge is -2.29. The molecule has 3 aliphatic rings. The Morgan fingerprint density at radius 2 is 2.30 bits per heavy atom. The number of alkyl halides is 1. The van der Waals surface area contributed by atoms with Gasteiger partial charge in [0, 0.05) is 0 Å². The largest absolute Gasteiger partial charge is 0.488 e. The van der Waals surface area contributed by atoms with Crippen molar-refractivity contribution < 1.29 is 23.8 Å². The van der Waals surface area contributed by atoms with Crippen molar-refractivity contribution in [1.82, 2.24) is 9.97 Å². The summed E-state index contributed by atoms with van der Waals surface area (Å²) in [6, 6.07) is 0. The number of rotatable bonds is 1. The van der Waals surface area contributed by atoms with E-state index < -0.39 is 38.0 Å². The molecule has 0 aromatic carbocycles. The quantitative estimate of drug-likeness (QED) is 0.217. The number of aromatic nitrogens is 2. The van der Waals surface area contributed by atoms with Gasteiger partial charge in [0.05, 0.1) is 0 Å². The molecule has 0 aliphatic carbocycles. The molecule has 4 rings (SSSR count). The van der Waals surface area contributed by atoms with E-state index in [1.807, 2.05) is 0 Å². The second-order valence-corrected chi connectivity index (χ2v) is 7.34. The topological polar surface area (TPSA) is 135 Å². The minimum absolute atomic E-state index is 0.00595. The number of anilines is 3. The van der Waals surface area contributed by atoms with Crippen LogP contribution < -0.4 is 16.0 Å². The van der Waals surface area contributed by atoms with Crippen LogP contribution in [0, 0.1) is 0 Å². The fourth-order valence-electron chi connectivity index (χ4n) is 2.87. The van der Waals surface area contributed by atoms with Crippen LogP contribution in [0.3, 0.4) is 0 Å². The zero-order valence-corrected chi connectivity index (χ0v) is 13.3. The van der Waals surface area contributed by atoms with E-state index in [4.69, 9.17) is 38.7 Å². The molecular formula is C10H13BClN5O5P+. The number of nitrogens with two attached hydrogens (primary N) is 1. The summed E-state index contributed by atoms with van der Waals surface area (Å²) in [6.45, 7) is 0.00595. The molecule has 2 radical (unpaired) electrons. The van der Waals surface area contributed by atoms with Crippen molar-refractivity contribution in [2.24, 2.45) is 0 Å². The summed E-state index contributed by atoms with van der Waals surface area (Å²) in [7, 11) is 2.04. The highest BCUT2D eigenvalue weighted by molar-refractivity contribution is 7.85. The van der Waals surface area contributed by atoms with Gasteiger partial charge in [0.25, 0.3) is 0 Å². The Hall–Kier alpha value is -0.935. The van der Waals surface area contributed by atoms with Crippen molar-refractivity contribution in [2.45, 2.75) is 30.2 Å². The molecule has 3 aliphatic heterocycles. The van der Waals surface area contributed by atoms with Crippen LogP contribution in [-0.2, 0) is 13.8 Å². The van der Waals surface area contributed by atoms with Crippen LogP contribution in [0.15, 0.2) is 6.33 Å². The zero-order valence-electron chi connectivity index (χ0n) is 11.6. The van der Waals surface area contributed by atoms with E-state index >= 15 is 0 Å². The summed E-state index contributed by atoms with van der Waals surface area (Å²) in [6.07, 6.45) is -2.13. The summed E-state index contributed by atoms with van der Waals surface area (Å²) < 4.78 is 16.0. The normalized spacial score (nSPS) is 42.2. The highest BCUT2D eigenvalue weighted by atomic mass is 35.5. The fraction of sp³-hybridized carbons (Fsp3) is 0.600. The standard InChI is InChI=1S/C10H13BClN5O5P/c11-23(19)20-1-3-6(22-23)5(18)9(21-3)17-8-4(16-10(17)12)7(13)14-2-15-8/h2-3,5-6,9-10,16,18-19H,1H2,(H2,13,14,15)/q+1/t3?,5?,6-,9?,10?,23?/m1/s1. The number of hydrogen-bond acceptors (Lipinski definition) is 10. The first-order valence-electron chi connectivity index (χ1n) is 6.73. The first kappa shape index (κ1) is 15.6. The number of nitrogen functional groups attached to an aromatic ring is 1. The van der Waals surface area contributed by atoms with Gasteiger partial charge in [-0.2, -0.15) is 9.05 Å². The molecule has 122 valence electrons. The van der Waals surface area contributed by atoms with Gasteiger partial charge in [-0.3, -0.25) is 4.90 Å². The third kappa shape index (κ3) is 2.44. The number of halogens is 1. The van der Waals surface area contributed by atoms with Gasteiger partial charge in [-0.25, -0.2) is 14.9 Å². The fourth-order valence-corrected chi connectivity index (χ4v) is 4.21. The Labute approximate surface area is 137 Å². The minimum Gasteiger partial charge on any atom is -0.385 e. The van der Waals surface area contributed by atoms with Crippen LogP contribution in [0.2, 0.25) is 0 Å². The van der Waals surface area contributed by atoms with E-state index in [0.29, 0.717) is 11.5 Å². The predicted molar refractivity (Wildman–Crippen MR) is 82.6 cm³/mol. The molecule has 5 N–H and O–H groups in total. The second-order valence-electron chi connectivity index (χ2n) is 5.33. The third-order valence-electron chi connectivity index (χ3n) is 3.89. The molecule has 4 heterocycles. The van der Waals surface area contributed by atoms with E-state index in [1.54, 1.807) is 0 Å². The molecule has 0 spiro atoms. The molecule has 2 saturated heterocycles. The summed E-state index contributed by atoms with van der Waals surface area (Å²) >= 11 is 6.28. The molecule has 13 heteroatoms. The van der Waals surface area contributed by atoms with E-state index in [2.05, 4.69) is 15.3 Å². The Morgan fingerprint density at radius 1 is 1.52 bits per heavy atom. The number of nitrogens with one attached hydrogen (secondary N) is 1. The zero-order chi connectivity index (χ0) is 16.4. The van der Waals surface area contributed by atoms with Crippen molar-refractivity contribution in [3.63, 3.8) is 0 Å². The van der Waals surface area contributed by atoms with Crippen molar-refractivity contribution in [3.05, 3.63) is 6.33 Å².